The van der Waals surface area contributed by atoms with Gasteiger partial charge in [-0.2, -0.15) is 0 Å². The van der Waals surface area contributed by atoms with E-state index in [1.165, 1.54) is 23.8 Å². The standard InChI is InChI=1S/C28H30ClFN4O2/c1-18(2)20-6-9-23(10-7-20)31-27(35)32-25-15-19(3)5-12-26(25)34-14-4-13-33(28(34)36)17-21-16-22(30)8-11-24(21)29/h5-12,15-16,18H,4,13-14,17H2,1-3H3,(H2,31,32,35). The van der Waals surface area contributed by atoms with Gasteiger partial charge < -0.3 is 15.5 Å². The van der Waals surface area contributed by atoms with Crippen LogP contribution in [0.15, 0.2) is 60.7 Å². The summed E-state index contributed by atoms with van der Waals surface area (Å²) in [4.78, 5) is 29.5. The van der Waals surface area contributed by atoms with Crippen molar-refractivity contribution >= 4 is 40.7 Å². The summed E-state index contributed by atoms with van der Waals surface area (Å²) in [6, 6.07) is 16.8. The first kappa shape index (κ1) is 25.5. The maximum Gasteiger partial charge on any atom is 0.324 e. The quantitative estimate of drug-likeness (QED) is 0.364. The predicted octanol–water partition coefficient (Wildman–Crippen LogP) is 7.39. The SMILES string of the molecule is Cc1ccc(N2CCCN(Cc3cc(F)ccc3Cl)C2=O)c(NC(=O)Nc2ccc(C(C)C)cc2)c1. The lowest BCUT2D eigenvalue weighted by Crippen LogP contribution is -2.49. The molecule has 1 aliphatic rings. The van der Waals surface area contributed by atoms with Crippen molar-refractivity contribution < 1.29 is 14.0 Å². The molecule has 0 radical (unpaired) electrons. The van der Waals surface area contributed by atoms with E-state index in [2.05, 4.69) is 24.5 Å². The van der Waals surface area contributed by atoms with E-state index in [-0.39, 0.29) is 12.6 Å². The molecule has 4 rings (SSSR count). The van der Waals surface area contributed by atoms with Crippen LogP contribution in [0.25, 0.3) is 0 Å². The number of nitrogens with zero attached hydrogens (tertiary/aromatic N) is 2. The molecule has 2 N–H and O–H groups in total. The summed E-state index contributed by atoms with van der Waals surface area (Å²) in [7, 11) is 0. The van der Waals surface area contributed by atoms with Gasteiger partial charge in [0, 0.05) is 30.3 Å². The molecule has 3 aromatic rings. The van der Waals surface area contributed by atoms with Crippen molar-refractivity contribution in [2.45, 2.75) is 39.7 Å². The monoisotopic (exact) mass is 508 g/mol. The minimum atomic E-state index is -0.398. The summed E-state index contributed by atoms with van der Waals surface area (Å²) >= 11 is 6.23. The van der Waals surface area contributed by atoms with Crippen LogP contribution in [-0.4, -0.2) is 30.1 Å². The van der Waals surface area contributed by atoms with Crippen LogP contribution in [0.4, 0.5) is 31.0 Å². The third-order valence-corrected chi connectivity index (χ3v) is 6.58. The van der Waals surface area contributed by atoms with E-state index in [0.29, 0.717) is 46.7 Å². The van der Waals surface area contributed by atoms with E-state index in [9.17, 15) is 14.0 Å². The lowest BCUT2D eigenvalue weighted by atomic mass is 10.0. The second-order valence-electron chi connectivity index (χ2n) is 9.32. The van der Waals surface area contributed by atoms with Gasteiger partial charge in [-0.1, -0.05) is 43.6 Å². The van der Waals surface area contributed by atoms with Crippen LogP contribution >= 0.6 is 11.6 Å². The predicted molar refractivity (Wildman–Crippen MR) is 144 cm³/mol. The second-order valence-corrected chi connectivity index (χ2v) is 9.73. The molecule has 8 heteroatoms. The number of amides is 4. The number of anilines is 3. The van der Waals surface area contributed by atoms with Crippen molar-refractivity contribution in [3.05, 3.63) is 88.2 Å². The molecule has 0 aromatic heterocycles. The molecule has 0 atom stereocenters. The third-order valence-electron chi connectivity index (χ3n) is 6.21. The highest BCUT2D eigenvalue weighted by Gasteiger charge is 2.29. The van der Waals surface area contributed by atoms with E-state index in [1.54, 1.807) is 9.80 Å². The molecule has 188 valence electrons. The highest BCUT2D eigenvalue weighted by molar-refractivity contribution is 6.31. The first-order valence-corrected chi connectivity index (χ1v) is 12.4. The Morgan fingerprint density at radius 1 is 1.03 bits per heavy atom. The zero-order valence-electron chi connectivity index (χ0n) is 20.6. The number of halogens is 2. The van der Waals surface area contributed by atoms with Gasteiger partial charge in [-0.15, -0.1) is 0 Å². The van der Waals surface area contributed by atoms with Crippen LogP contribution in [0.2, 0.25) is 5.02 Å². The van der Waals surface area contributed by atoms with E-state index in [0.717, 1.165) is 12.0 Å². The van der Waals surface area contributed by atoms with Crippen molar-refractivity contribution in [2.75, 3.05) is 28.6 Å². The molecule has 1 saturated heterocycles. The van der Waals surface area contributed by atoms with Gasteiger partial charge in [-0.05, 0) is 78.4 Å². The smallest absolute Gasteiger partial charge is 0.320 e. The Morgan fingerprint density at radius 3 is 2.50 bits per heavy atom. The van der Waals surface area contributed by atoms with Gasteiger partial charge >= 0.3 is 12.1 Å². The average Bonchev–Trinajstić information content (AvgIpc) is 2.83. The minimum absolute atomic E-state index is 0.202. The van der Waals surface area contributed by atoms with Gasteiger partial charge in [0.1, 0.15) is 5.82 Å². The average molecular weight is 509 g/mol. The number of carbonyl (C=O) groups is 2. The Kier molecular flexibility index (Phi) is 7.79. The van der Waals surface area contributed by atoms with E-state index < -0.39 is 11.8 Å². The zero-order valence-corrected chi connectivity index (χ0v) is 21.4. The van der Waals surface area contributed by atoms with Crippen LogP contribution in [0, 0.1) is 12.7 Å². The fraction of sp³-hybridized carbons (Fsp3) is 0.286. The molecule has 1 heterocycles. The Balaban J connectivity index is 1.51. The molecule has 0 unspecified atom stereocenters. The van der Waals surface area contributed by atoms with Crippen molar-refractivity contribution in [2.24, 2.45) is 0 Å². The number of aryl methyl sites for hydroxylation is 1. The van der Waals surface area contributed by atoms with Crippen LogP contribution < -0.4 is 15.5 Å². The molecule has 0 aliphatic carbocycles. The van der Waals surface area contributed by atoms with Crippen LogP contribution in [0.5, 0.6) is 0 Å². The number of hydrogen-bond donors (Lipinski definition) is 2. The number of urea groups is 2. The van der Waals surface area contributed by atoms with Crippen molar-refractivity contribution in [1.29, 1.82) is 0 Å². The summed E-state index contributed by atoms with van der Waals surface area (Å²) in [6.45, 7) is 7.39. The van der Waals surface area contributed by atoms with Crippen molar-refractivity contribution in [3.8, 4) is 0 Å². The molecule has 0 spiro atoms. The van der Waals surface area contributed by atoms with Crippen LogP contribution in [0.1, 0.15) is 42.9 Å². The molecule has 4 amide bonds. The Hall–Kier alpha value is -3.58. The molecular weight excluding hydrogens is 479 g/mol. The zero-order chi connectivity index (χ0) is 25.8. The fourth-order valence-corrected chi connectivity index (χ4v) is 4.42. The van der Waals surface area contributed by atoms with Gasteiger partial charge in [0.2, 0.25) is 0 Å². The lowest BCUT2D eigenvalue weighted by Gasteiger charge is -2.36. The molecule has 36 heavy (non-hydrogen) atoms. The van der Waals surface area contributed by atoms with Crippen molar-refractivity contribution in [1.82, 2.24) is 4.90 Å². The lowest BCUT2D eigenvalue weighted by molar-refractivity contribution is 0.192. The van der Waals surface area contributed by atoms with E-state index in [4.69, 9.17) is 11.6 Å². The van der Waals surface area contributed by atoms with Gasteiger partial charge in [0.25, 0.3) is 0 Å². The fourth-order valence-electron chi connectivity index (χ4n) is 4.24. The third kappa shape index (κ3) is 5.97. The first-order chi connectivity index (χ1) is 17.2. The van der Waals surface area contributed by atoms with Gasteiger partial charge in [-0.3, -0.25) is 4.90 Å². The Morgan fingerprint density at radius 2 is 1.78 bits per heavy atom. The molecule has 0 bridgehead atoms. The van der Waals surface area contributed by atoms with E-state index >= 15 is 0 Å². The summed E-state index contributed by atoms with van der Waals surface area (Å²) < 4.78 is 13.7. The maximum atomic E-state index is 13.7. The van der Waals surface area contributed by atoms with Crippen molar-refractivity contribution in [3.63, 3.8) is 0 Å². The topological polar surface area (TPSA) is 64.7 Å². The summed E-state index contributed by atoms with van der Waals surface area (Å²) in [5, 5.41) is 6.17. The van der Waals surface area contributed by atoms with Crippen LogP contribution in [-0.2, 0) is 6.54 Å². The number of benzene rings is 3. The van der Waals surface area contributed by atoms with Gasteiger partial charge in [0.05, 0.1) is 11.4 Å². The molecule has 3 aromatic carbocycles. The minimum Gasteiger partial charge on any atom is -0.320 e. The number of nitrogens with one attached hydrogen (secondary N) is 2. The largest absolute Gasteiger partial charge is 0.324 e. The molecule has 1 aliphatic heterocycles. The van der Waals surface area contributed by atoms with Gasteiger partial charge in [-0.25, -0.2) is 14.0 Å². The number of hydrogen-bond acceptors (Lipinski definition) is 2. The summed E-state index contributed by atoms with van der Waals surface area (Å²) in [6.07, 6.45) is 0.723. The van der Waals surface area contributed by atoms with Gasteiger partial charge in [0.15, 0.2) is 0 Å². The van der Waals surface area contributed by atoms with Crippen LogP contribution in [0.3, 0.4) is 0 Å². The Bertz CT molecular complexity index is 1260. The molecule has 1 fully saturated rings. The molecule has 0 saturated carbocycles. The summed E-state index contributed by atoms with van der Waals surface area (Å²) in [5.74, 6) is 0.00640. The normalized spacial score (nSPS) is 13.8. The highest BCUT2D eigenvalue weighted by atomic mass is 35.5. The maximum absolute atomic E-state index is 13.7. The summed E-state index contributed by atoms with van der Waals surface area (Å²) in [5.41, 5.74) is 4.50. The highest BCUT2D eigenvalue weighted by Crippen LogP contribution is 2.31. The first-order valence-electron chi connectivity index (χ1n) is 12.0. The Labute approximate surface area is 216 Å². The number of rotatable bonds is 6. The van der Waals surface area contributed by atoms with E-state index in [1.807, 2.05) is 49.4 Å². The molecular formula is C28H30ClFN4O2. The second kappa shape index (κ2) is 11.0. The number of carbonyl (C=O) groups excluding carboxylic acids is 2. The molecule has 6 nitrogen and oxygen atoms in total.